The zero-order chi connectivity index (χ0) is 11.8. The SMILES string of the molecule is CCCC(=O)NCCOc1ccc(Cl)cc1. The first kappa shape index (κ1) is 12.8. The van der Waals surface area contributed by atoms with E-state index >= 15 is 0 Å². The zero-order valence-electron chi connectivity index (χ0n) is 9.33. The fraction of sp³-hybridized carbons (Fsp3) is 0.417. The Hall–Kier alpha value is -1.22. The predicted octanol–water partition coefficient (Wildman–Crippen LogP) is 2.64. The fourth-order valence-corrected chi connectivity index (χ4v) is 1.33. The summed E-state index contributed by atoms with van der Waals surface area (Å²) in [5.41, 5.74) is 0. The molecule has 0 heterocycles. The van der Waals surface area contributed by atoms with Crippen molar-refractivity contribution in [3.63, 3.8) is 0 Å². The van der Waals surface area contributed by atoms with E-state index < -0.39 is 0 Å². The topological polar surface area (TPSA) is 38.3 Å². The van der Waals surface area contributed by atoms with Crippen LogP contribution in [0, 0.1) is 0 Å². The maximum absolute atomic E-state index is 11.1. The highest BCUT2D eigenvalue weighted by Crippen LogP contribution is 2.14. The number of rotatable bonds is 6. The fourth-order valence-electron chi connectivity index (χ4n) is 1.21. The van der Waals surface area contributed by atoms with Crippen LogP contribution in [0.1, 0.15) is 19.8 Å². The van der Waals surface area contributed by atoms with Gasteiger partial charge in [-0.3, -0.25) is 4.79 Å². The monoisotopic (exact) mass is 241 g/mol. The normalized spacial score (nSPS) is 9.88. The molecule has 1 N–H and O–H groups in total. The van der Waals surface area contributed by atoms with Crippen LogP contribution in [0.25, 0.3) is 0 Å². The first-order chi connectivity index (χ1) is 7.72. The molecule has 0 unspecified atom stereocenters. The number of halogens is 1. The van der Waals surface area contributed by atoms with E-state index in [1.807, 2.05) is 6.92 Å². The second kappa shape index (κ2) is 7.12. The van der Waals surface area contributed by atoms with Crippen molar-refractivity contribution in [2.75, 3.05) is 13.2 Å². The van der Waals surface area contributed by atoms with E-state index in [9.17, 15) is 4.79 Å². The molecule has 1 aromatic rings. The van der Waals surface area contributed by atoms with Gasteiger partial charge in [0.2, 0.25) is 5.91 Å². The minimum Gasteiger partial charge on any atom is -0.492 e. The third-order valence-electron chi connectivity index (χ3n) is 1.98. The second-order valence-electron chi connectivity index (χ2n) is 3.40. The Labute approximate surface area is 101 Å². The maximum Gasteiger partial charge on any atom is 0.220 e. The number of amides is 1. The number of benzene rings is 1. The second-order valence-corrected chi connectivity index (χ2v) is 3.84. The molecule has 1 aromatic carbocycles. The van der Waals surface area contributed by atoms with Crippen molar-refractivity contribution < 1.29 is 9.53 Å². The summed E-state index contributed by atoms with van der Waals surface area (Å²) in [7, 11) is 0. The van der Waals surface area contributed by atoms with Crippen LogP contribution < -0.4 is 10.1 Å². The summed E-state index contributed by atoms with van der Waals surface area (Å²) < 4.78 is 5.42. The van der Waals surface area contributed by atoms with Crippen LogP contribution in [0.3, 0.4) is 0 Å². The van der Waals surface area contributed by atoms with Crippen molar-refractivity contribution in [3.8, 4) is 5.75 Å². The summed E-state index contributed by atoms with van der Waals surface area (Å²) in [6.45, 7) is 2.97. The van der Waals surface area contributed by atoms with E-state index in [1.54, 1.807) is 24.3 Å². The van der Waals surface area contributed by atoms with Crippen molar-refractivity contribution in [2.45, 2.75) is 19.8 Å². The van der Waals surface area contributed by atoms with Crippen LogP contribution in [0.2, 0.25) is 5.02 Å². The van der Waals surface area contributed by atoms with Gasteiger partial charge in [-0.1, -0.05) is 18.5 Å². The van der Waals surface area contributed by atoms with E-state index in [-0.39, 0.29) is 5.91 Å². The van der Waals surface area contributed by atoms with Gasteiger partial charge >= 0.3 is 0 Å². The molecule has 0 spiro atoms. The average Bonchev–Trinajstić information content (AvgIpc) is 2.27. The molecule has 0 fully saturated rings. The first-order valence-corrected chi connectivity index (χ1v) is 5.75. The third-order valence-corrected chi connectivity index (χ3v) is 2.24. The van der Waals surface area contributed by atoms with Gasteiger partial charge in [0.15, 0.2) is 0 Å². The van der Waals surface area contributed by atoms with Crippen LogP contribution in [0.5, 0.6) is 5.75 Å². The lowest BCUT2D eigenvalue weighted by Gasteiger charge is -2.07. The molecule has 0 radical (unpaired) electrons. The van der Waals surface area contributed by atoms with E-state index in [0.29, 0.717) is 24.6 Å². The van der Waals surface area contributed by atoms with Crippen molar-refractivity contribution >= 4 is 17.5 Å². The van der Waals surface area contributed by atoms with Crippen LogP contribution in [0.15, 0.2) is 24.3 Å². The molecule has 4 heteroatoms. The van der Waals surface area contributed by atoms with Crippen molar-refractivity contribution in [2.24, 2.45) is 0 Å². The molecule has 0 saturated carbocycles. The summed E-state index contributed by atoms with van der Waals surface area (Å²) >= 11 is 5.74. The molecule has 1 amide bonds. The summed E-state index contributed by atoms with van der Waals surface area (Å²) in [5.74, 6) is 0.830. The first-order valence-electron chi connectivity index (χ1n) is 5.37. The van der Waals surface area contributed by atoms with Gasteiger partial charge in [-0.2, -0.15) is 0 Å². The number of carbonyl (C=O) groups is 1. The minimum atomic E-state index is 0.0715. The lowest BCUT2D eigenvalue weighted by molar-refractivity contribution is -0.121. The molecule has 0 aliphatic carbocycles. The Morgan fingerprint density at radius 1 is 1.38 bits per heavy atom. The average molecular weight is 242 g/mol. The molecule has 0 aromatic heterocycles. The standard InChI is InChI=1S/C12H16ClNO2/c1-2-3-12(15)14-8-9-16-11-6-4-10(13)5-7-11/h4-7H,2-3,8-9H2,1H3,(H,14,15). The lowest BCUT2D eigenvalue weighted by Crippen LogP contribution is -2.27. The lowest BCUT2D eigenvalue weighted by atomic mass is 10.3. The Kier molecular flexibility index (Phi) is 5.72. The highest BCUT2D eigenvalue weighted by molar-refractivity contribution is 6.30. The van der Waals surface area contributed by atoms with Gasteiger partial charge in [-0.15, -0.1) is 0 Å². The quantitative estimate of drug-likeness (QED) is 0.778. The van der Waals surface area contributed by atoms with Crippen LogP contribution in [-0.4, -0.2) is 19.1 Å². The van der Waals surface area contributed by atoms with Gasteiger partial charge in [-0.25, -0.2) is 0 Å². The molecule has 0 bridgehead atoms. The van der Waals surface area contributed by atoms with Crippen LogP contribution >= 0.6 is 11.6 Å². The van der Waals surface area contributed by atoms with E-state index in [0.717, 1.165) is 12.2 Å². The molecule has 16 heavy (non-hydrogen) atoms. The van der Waals surface area contributed by atoms with Gasteiger partial charge < -0.3 is 10.1 Å². The molecule has 3 nitrogen and oxygen atoms in total. The minimum absolute atomic E-state index is 0.0715. The molecular weight excluding hydrogens is 226 g/mol. The van der Waals surface area contributed by atoms with Crippen molar-refractivity contribution in [1.29, 1.82) is 0 Å². The molecule has 0 aliphatic rings. The summed E-state index contributed by atoms with van der Waals surface area (Å²) in [5, 5.41) is 3.46. The van der Waals surface area contributed by atoms with Crippen LogP contribution in [0.4, 0.5) is 0 Å². The summed E-state index contributed by atoms with van der Waals surface area (Å²) in [6, 6.07) is 7.14. The van der Waals surface area contributed by atoms with Gasteiger partial charge in [0.1, 0.15) is 12.4 Å². The van der Waals surface area contributed by atoms with Gasteiger partial charge in [0.25, 0.3) is 0 Å². The Morgan fingerprint density at radius 3 is 2.69 bits per heavy atom. The van der Waals surface area contributed by atoms with Gasteiger partial charge in [-0.05, 0) is 30.7 Å². The number of carbonyl (C=O) groups excluding carboxylic acids is 1. The number of hydrogen-bond acceptors (Lipinski definition) is 2. The van der Waals surface area contributed by atoms with Gasteiger partial charge in [0.05, 0.1) is 6.54 Å². The van der Waals surface area contributed by atoms with Crippen LogP contribution in [-0.2, 0) is 4.79 Å². The molecular formula is C12H16ClNO2. The number of ether oxygens (including phenoxy) is 1. The summed E-state index contributed by atoms with van der Waals surface area (Å²) in [6.07, 6.45) is 1.44. The molecule has 0 saturated heterocycles. The largest absolute Gasteiger partial charge is 0.492 e. The Bertz CT molecular complexity index is 324. The van der Waals surface area contributed by atoms with Crippen molar-refractivity contribution in [1.82, 2.24) is 5.32 Å². The molecule has 0 atom stereocenters. The van der Waals surface area contributed by atoms with E-state index in [4.69, 9.17) is 16.3 Å². The maximum atomic E-state index is 11.1. The predicted molar refractivity (Wildman–Crippen MR) is 64.9 cm³/mol. The zero-order valence-corrected chi connectivity index (χ0v) is 10.1. The van der Waals surface area contributed by atoms with Crippen molar-refractivity contribution in [3.05, 3.63) is 29.3 Å². The highest BCUT2D eigenvalue weighted by Gasteiger charge is 1.98. The molecule has 1 rings (SSSR count). The summed E-state index contributed by atoms with van der Waals surface area (Å²) in [4.78, 5) is 11.1. The Morgan fingerprint density at radius 2 is 2.06 bits per heavy atom. The molecule has 88 valence electrons. The highest BCUT2D eigenvalue weighted by atomic mass is 35.5. The smallest absolute Gasteiger partial charge is 0.220 e. The Balaban J connectivity index is 2.16. The molecule has 0 aliphatic heterocycles. The number of hydrogen-bond donors (Lipinski definition) is 1. The third kappa shape index (κ3) is 5.03. The van der Waals surface area contributed by atoms with Gasteiger partial charge in [0, 0.05) is 11.4 Å². The van der Waals surface area contributed by atoms with E-state index in [1.165, 1.54) is 0 Å². The van der Waals surface area contributed by atoms with E-state index in [2.05, 4.69) is 5.32 Å². The number of nitrogens with one attached hydrogen (secondary N) is 1.